The van der Waals surface area contributed by atoms with Crippen molar-refractivity contribution in [3.05, 3.63) is 36.4 Å². The first kappa shape index (κ1) is 12.0. The fourth-order valence-electron chi connectivity index (χ4n) is 1.53. The summed E-state index contributed by atoms with van der Waals surface area (Å²) in [6, 6.07) is 5.41. The number of carbonyl (C=O) groups is 1. The van der Waals surface area contributed by atoms with Crippen LogP contribution in [-0.4, -0.2) is 25.7 Å². The van der Waals surface area contributed by atoms with Crippen molar-refractivity contribution in [1.82, 2.24) is 25.1 Å². The normalized spacial score (nSPS) is 12.1. The fraction of sp³-hybridized carbons (Fsp3) is 0.273. The molecule has 2 aromatic rings. The van der Waals surface area contributed by atoms with Crippen molar-refractivity contribution in [2.24, 2.45) is 0 Å². The lowest BCUT2D eigenvalue weighted by molar-refractivity contribution is -0.122. The number of nitrogens with zero attached hydrogens (tertiary/aromatic N) is 4. The predicted molar refractivity (Wildman–Crippen MR) is 65.2 cm³/mol. The summed E-state index contributed by atoms with van der Waals surface area (Å²) < 4.78 is 1.38. The summed E-state index contributed by atoms with van der Waals surface area (Å²) in [6.45, 7) is 1.96. The summed E-state index contributed by atoms with van der Waals surface area (Å²) in [5, 5.41) is 6.66. The van der Waals surface area contributed by atoms with Gasteiger partial charge in [0.25, 0.3) is 0 Å². The maximum absolute atomic E-state index is 11.7. The molecule has 1 amide bonds. The number of pyridine rings is 1. The number of hydrogen-bond acceptors (Lipinski definition) is 5. The highest BCUT2D eigenvalue weighted by Gasteiger charge is 2.11. The standard InChI is InChI=1S/C11H14N6O/c1-8(9-4-2-3-5-13-9)15-10(18)6-17-7-14-11(12)16-17/h2-5,7-8H,6H2,1H3,(H2,12,16)(H,15,18). The van der Waals surface area contributed by atoms with E-state index < -0.39 is 0 Å². The van der Waals surface area contributed by atoms with Crippen LogP contribution in [0.25, 0.3) is 0 Å². The van der Waals surface area contributed by atoms with Crippen LogP contribution in [0.2, 0.25) is 0 Å². The van der Waals surface area contributed by atoms with Crippen LogP contribution in [-0.2, 0) is 11.3 Å². The molecule has 0 aliphatic carbocycles. The maximum atomic E-state index is 11.7. The molecule has 0 spiro atoms. The average Bonchev–Trinajstić information content (AvgIpc) is 2.75. The van der Waals surface area contributed by atoms with E-state index in [-0.39, 0.29) is 24.4 Å². The van der Waals surface area contributed by atoms with Crippen LogP contribution >= 0.6 is 0 Å². The van der Waals surface area contributed by atoms with E-state index in [1.54, 1.807) is 6.20 Å². The van der Waals surface area contributed by atoms with Gasteiger partial charge in [-0.3, -0.25) is 9.78 Å². The van der Waals surface area contributed by atoms with Gasteiger partial charge in [-0.25, -0.2) is 9.67 Å². The van der Waals surface area contributed by atoms with Crippen molar-refractivity contribution in [3.63, 3.8) is 0 Å². The largest absolute Gasteiger partial charge is 0.367 e. The summed E-state index contributed by atoms with van der Waals surface area (Å²) >= 11 is 0. The third-order valence-corrected chi connectivity index (χ3v) is 2.37. The van der Waals surface area contributed by atoms with Crippen molar-refractivity contribution in [2.75, 3.05) is 5.73 Å². The highest BCUT2D eigenvalue weighted by Crippen LogP contribution is 2.07. The van der Waals surface area contributed by atoms with Gasteiger partial charge in [0.05, 0.1) is 11.7 Å². The van der Waals surface area contributed by atoms with Crippen molar-refractivity contribution in [1.29, 1.82) is 0 Å². The molecule has 1 atom stereocenters. The van der Waals surface area contributed by atoms with E-state index in [1.807, 2.05) is 25.1 Å². The van der Waals surface area contributed by atoms with Crippen LogP contribution in [0, 0.1) is 0 Å². The van der Waals surface area contributed by atoms with Crippen molar-refractivity contribution in [3.8, 4) is 0 Å². The van der Waals surface area contributed by atoms with Gasteiger partial charge in [0, 0.05) is 6.20 Å². The van der Waals surface area contributed by atoms with E-state index in [9.17, 15) is 4.79 Å². The lowest BCUT2D eigenvalue weighted by atomic mass is 10.2. The maximum Gasteiger partial charge on any atom is 0.242 e. The molecule has 2 heterocycles. The lowest BCUT2D eigenvalue weighted by Gasteiger charge is -2.12. The molecule has 18 heavy (non-hydrogen) atoms. The number of rotatable bonds is 4. The molecule has 3 N–H and O–H groups in total. The minimum absolute atomic E-state index is 0.0847. The Morgan fingerprint density at radius 3 is 2.94 bits per heavy atom. The van der Waals surface area contributed by atoms with Crippen LogP contribution in [0.5, 0.6) is 0 Å². The Morgan fingerprint density at radius 2 is 2.33 bits per heavy atom. The summed E-state index contributed by atoms with van der Waals surface area (Å²) in [5.41, 5.74) is 6.17. The van der Waals surface area contributed by atoms with Gasteiger partial charge in [-0.2, -0.15) is 0 Å². The number of carbonyl (C=O) groups excluding carboxylic acids is 1. The Morgan fingerprint density at radius 1 is 1.50 bits per heavy atom. The predicted octanol–water partition coefficient (Wildman–Crippen LogP) is 0.133. The molecule has 2 rings (SSSR count). The third-order valence-electron chi connectivity index (χ3n) is 2.37. The van der Waals surface area contributed by atoms with Gasteiger partial charge in [0.1, 0.15) is 12.9 Å². The van der Waals surface area contributed by atoms with E-state index in [2.05, 4.69) is 20.4 Å². The molecule has 0 aliphatic heterocycles. The second-order valence-electron chi connectivity index (χ2n) is 3.84. The number of nitrogens with one attached hydrogen (secondary N) is 1. The van der Waals surface area contributed by atoms with E-state index >= 15 is 0 Å². The number of nitrogen functional groups attached to an aromatic ring is 1. The van der Waals surface area contributed by atoms with Crippen LogP contribution in [0.1, 0.15) is 18.7 Å². The molecular formula is C11H14N6O. The zero-order valence-corrected chi connectivity index (χ0v) is 9.95. The molecule has 7 heteroatoms. The van der Waals surface area contributed by atoms with Gasteiger partial charge in [-0.05, 0) is 19.1 Å². The first-order valence-electron chi connectivity index (χ1n) is 5.50. The minimum atomic E-state index is -0.168. The van der Waals surface area contributed by atoms with Crippen LogP contribution < -0.4 is 11.1 Å². The first-order chi connectivity index (χ1) is 8.65. The second-order valence-corrected chi connectivity index (χ2v) is 3.84. The molecular weight excluding hydrogens is 232 g/mol. The fourth-order valence-corrected chi connectivity index (χ4v) is 1.53. The number of hydrogen-bond donors (Lipinski definition) is 2. The number of anilines is 1. The van der Waals surface area contributed by atoms with Gasteiger partial charge in [-0.15, -0.1) is 5.10 Å². The Kier molecular flexibility index (Phi) is 3.52. The van der Waals surface area contributed by atoms with Crippen molar-refractivity contribution < 1.29 is 4.79 Å². The first-order valence-corrected chi connectivity index (χ1v) is 5.50. The Bertz CT molecular complexity index is 523. The zero-order chi connectivity index (χ0) is 13.0. The monoisotopic (exact) mass is 246 g/mol. The smallest absolute Gasteiger partial charge is 0.242 e. The summed E-state index contributed by atoms with van der Waals surface area (Å²) in [4.78, 5) is 19.7. The SMILES string of the molecule is CC(NC(=O)Cn1cnc(N)n1)c1ccccn1. The summed E-state index contributed by atoms with van der Waals surface area (Å²) in [7, 11) is 0. The van der Waals surface area contributed by atoms with Crippen LogP contribution in [0.15, 0.2) is 30.7 Å². The quantitative estimate of drug-likeness (QED) is 0.799. The number of amides is 1. The lowest BCUT2D eigenvalue weighted by Crippen LogP contribution is -2.30. The molecule has 0 saturated heterocycles. The van der Waals surface area contributed by atoms with Gasteiger partial charge in [0.2, 0.25) is 11.9 Å². The molecule has 0 fully saturated rings. The van der Waals surface area contributed by atoms with Gasteiger partial charge >= 0.3 is 0 Å². The topological polar surface area (TPSA) is 98.7 Å². The molecule has 0 bridgehead atoms. The van der Waals surface area contributed by atoms with Crippen LogP contribution in [0.4, 0.5) is 5.95 Å². The van der Waals surface area contributed by atoms with E-state index in [0.717, 1.165) is 5.69 Å². The second kappa shape index (κ2) is 5.26. The van der Waals surface area contributed by atoms with Crippen molar-refractivity contribution >= 4 is 11.9 Å². The number of nitrogens with two attached hydrogens (primary N) is 1. The molecule has 0 saturated carbocycles. The van der Waals surface area contributed by atoms with Crippen LogP contribution in [0.3, 0.4) is 0 Å². The Labute approximate surface area is 104 Å². The van der Waals surface area contributed by atoms with E-state index in [4.69, 9.17) is 5.73 Å². The van der Waals surface area contributed by atoms with Gasteiger partial charge in [-0.1, -0.05) is 6.07 Å². The molecule has 1 unspecified atom stereocenters. The Hall–Kier alpha value is -2.44. The average molecular weight is 246 g/mol. The molecule has 94 valence electrons. The molecule has 0 aliphatic rings. The molecule has 0 radical (unpaired) electrons. The number of aromatic nitrogens is 4. The third kappa shape index (κ3) is 3.03. The summed E-state index contributed by atoms with van der Waals surface area (Å²) in [5.74, 6) is -0.0152. The van der Waals surface area contributed by atoms with Crippen molar-refractivity contribution in [2.45, 2.75) is 19.5 Å². The summed E-state index contributed by atoms with van der Waals surface area (Å²) in [6.07, 6.45) is 3.11. The zero-order valence-electron chi connectivity index (χ0n) is 9.95. The Balaban J connectivity index is 1.92. The van der Waals surface area contributed by atoms with E-state index in [1.165, 1.54) is 11.0 Å². The minimum Gasteiger partial charge on any atom is -0.367 e. The molecule has 2 aromatic heterocycles. The van der Waals surface area contributed by atoms with Gasteiger partial charge < -0.3 is 11.1 Å². The highest BCUT2D eigenvalue weighted by atomic mass is 16.2. The highest BCUT2D eigenvalue weighted by molar-refractivity contribution is 5.76. The van der Waals surface area contributed by atoms with Gasteiger partial charge in [0.15, 0.2) is 0 Å². The van der Waals surface area contributed by atoms with E-state index in [0.29, 0.717) is 0 Å². The molecule has 0 aromatic carbocycles. The molecule has 7 nitrogen and oxygen atoms in total.